The number of rotatable bonds is 5. The van der Waals surface area contributed by atoms with E-state index in [1.807, 2.05) is 6.92 Å². The predicted octanol–water partition coefficient (Wildman–Crippen LogP) is 2.58. The lowest BCUT2D eigenvalue weighted by Crippen LogP contribution is -2.16. The number of esters is 1. The Morgan fingerprint density at radius 1 is 0.957 bits per heavy atom. The fourth-order valence-corrected chi connectivity index (χ4v) is 3.19. The molecule has 0 heterocycles. The Hall–Kier alpha value is -2.47. The van der Waals surface area contributed by atoms with Gasteiger partial charge in [0.15, 0.2) is 15.6 Å². The van der Waals surface area contributed by atoms with Crippen molar-refractivity contribution < 1.29 is 22.7 Å². The smallest absolute Gasteiger partial charge is 0.308 e. The molecule has 0 aliphatic rings. The zero-order valence-electron chi connectivity index (χ0n) is 12.8. The second-order valence-corrected chi connectivity index (χ2v) is 7.10. The number of carbonyl (C=O) groups excluding carboxylic acids is 2. The van der Waals surface area contributed by atoms with Crippen molar-refractivity contribution >= 4 is 21.6 Å². The third-order valence-corrected chi connectivity index (χ3v) is 4.77. The van der Waals surface area contributed by atoms with Gasteiger partial charge in [-0.15, -0.1) is 0 Å². The zero-order chi connectivity index (χ0) is 17.0. The lowest BCUT2D eigenvalue weighted by atomic mass is 10.1. The Morgan fingerprint density at radius 2 is 1.52 bits per heavy atom. The van der Waals surface area contributed by atoms with Gasteiger partial charge in [0.2, 0.25) is 0 Å². The van der Waals surface area contributed by atoms with Crippen LogP contribution in [0, 0.1) is 6.92 Å². The quantitative estimate of drug-likeness (QED) is 0.478. The minimum Gasteiger partial charge on any atom is -0.427 e. The van der Waals surface area contributed by atoms with Crippen molar-refractivity contribution in [2.45, 2.75) is 18.7 Å². The van der Waals surface area contributed by atoms with Crippen LogP contribution >= 0.6 is 0 Å². The summed E-state index contributed by atoms with van der Waals surface area (Å²) in [6.45, 7) is 3.12. The van der Waals surface area contributed by atoms with Crippen molar-refractivity contribution in [3.63, 3.8) is 0 Å². The molecular weight excluding hydrogens is 316 g/mol. The number of benzene rings is 2. The SMILES string of the molecule is CC(=O)Oc1ccc(C(=O)CS(=O)(=O)c2ccc(C)cc2)cc1. The third-order valence-electron chi connectivity index (χ3n) is 3.14. The lowest BCUT2D eigenvalue weighted by molar-refractivity contribution is -0.131. The molecule has 2 aromatic carbocycles. The van der Waals surface area contributed by atoms with Gasteiger partial charge in [-0.3, -0.25) is 9.59 Å². The van der Waals surface area contributed by atoms with Gasteiger partial charge in [0, 0.05) is 12.5 Å². The van der Waals surface area contributed by atoms with Gasteiger partial charge >= 0.3 is 5.97 Å². The zero-order valence-corrected chi connectivity index (χ0v) is 13.6. The first-order valence-corrected chi connectivity index (χ1v) is 8.54. The van der Waals surface area contributed by atoms with Crippen molar-refractivity contribution in [2.75, 3.05) is 5.75 Å². The van der Waals surface area contributed by atoms with Crippen LogP contribution in [-0.2, 0) is 14.6 Å². The van der Waals surface area contributed by atoms with Gasteiger partial charge in [0.1, 0.15) is 11.5 Å². The van der Waals surface area contributed by atoms with E-state index < -0.39 is 27.3 Å². The van der Waals surface area contributed by atoms with Crippen LogP contribution in [0.4, 0.5) is 0 Å². The van der Waals surface area contributed by atoms with Crippen LogP contribution in [0.1, 0.15) is 22.8 Å². The van der Waals surface area contributed by atoms with E-state index in [0.717, 1.165) is 5.56 Å². The molecule has 0 radical (unpaired) electrons. The number of hydrogen-bond acceptors (Lipinski definition) is 5. The third kappa shape index (κ3) is 4.50. The van der Waals surface area contributed by atoms with Gasteiger partial charge in [-0.05, 0) is 43.3 Å². The molecule has 0 aliphatic heterocycles. The molecular formula is C17H16O5S. The molecule has 0 unspecified atom stereocenters. The number of carbonyl (C=O) groups is 2. The molecule has 0 amide bonds. The van der Waals surface area contributed by atoms with Crippen molar-refractivity contribution in [3.8, 4) is 5.75 Å². The van der Waals surface area contributed by atoms with E-state index >= 15 is 0 Å². The number of hydrogen-bond donors (Lipinski definition) is 0. The highest BCUT2D eigenvalue weighted by atomic mass is 32.2. The molecule has 0 bridgehead atoms. The average molecular weight is 332 g/mol. The van der Waals surface area contributed by atoms with E-state index in [1.54, 1.807) is 12.1 Å². The summed E-state index contributed by atoms with van der Waals surface area (Å²) in [5.41, 5.74) is 1.19. The monoisotopic (exact) mass is 332 g/mol. The Labute approximate surface area is 134 Å². The second-order valence-electron chi connectivity index (χ2n) is 5.11. The van der Waals surface area contributed by atoms with Crippen molar-refractivity contribution in [2.24, 2.45) is 0 Å². The minimum absolute atomic E-state index is 0.119. The highest BCUT2D eigenvalue weighted by molar-refractivity contribution is 7.92. The molecule has 2 rings (SSSR count). The van der Waals surface area contributed by atoms with E-state index in [4.69, 9.17) is 4.74 Å². The summed E-state index contributed by atoms with van der Waals surface area (Å²) in [7, 11) is -3.69. The van der Waals surface area contributed by atoms with Gasteiger partial charge in [-0.1, -0.05) is 17.7 Å². The first kappa shape index (κ1) is 16.9. The Morgan fingerprint density at radius 3 is 2.04 bits per heavy atom. The number of aryl methyl sites for hydroxylation is 1. The summed E-state index contributed by atoms with van der Waals surface area (Å²) in [4.78, 5) is 23.1. The highest BCUT2D eigenvalue weighted by Crippen LogP contribution is 2.16. The summed E-state index contributed by atoms with van der Waals surface area (Å²) >= 11 is 0. The first-order chi connectivity index (χ1) is 10.8. The molecule has 120 valence electrons. The summed E-state index contributed by atoms with van der Waals surface area (Å²) in [5.74, 6) is -1.29. The summed E-state index contributed by atoms with van der Waals surface area (Å²) in [5, 5.41) is 0. The predicted molar refractivity (Wildman–Crippen MR) is 85.3 cm³/mol. The minimum atomic E-state index is -3.69. The average Bonchev–Trinajstić information content (AvgIpc) is 2.47. The maximum Gasteiger partial charge on any atom is 0.308 e. The molecule has 0 spiro atoms. The fourth-order valence-electron chi connectivity index (χ4n) is 1.96. The van der Waals surface area contributed by atoms with Crippen LogP contribution in [0.25, 0.3) is 0 Å². The van der Waals surface area contributed by atoms with Crippen LogP contribution < -0.4 is 4.74 Å². The van der Waals surface area contributed by atoms with Crippen LogP contribution in [0.3, 0.4) is 0 Å². The van der Waals surface area contributed by atoms with E-state index in [-0.39, 0.29) is 10.5 Å². The molecule has 5 nitrogen and oxygen atoms in total. The highest BCUT2D eigenvalue weighted by Gasteiger charge is 2.20. The summed E-state index contributed by atoms with van der Waals surface area (Å²) in [6.07, 6.45) is 0. The topological polar surface area (TPSA) is 77.5 Å². The van der Waals surface area contributed by atoms with Crippen LogP contribution in [-0.4, -0.2) is 25.9 Å². The van der Waals surface area contributed by atoms with Crippen molar-refractivity contribution in [1.82, 2.24) is 0 Å². The molecule has 2 aromatic rings. The van der Waals surface area contributed by atoms with E-state index in [2.05, 4.69) is 0 Å². The van der Waals surface area contributed by atoms with Crippen molar-refractivity contribution in [1.29, 1.82) is 0 Å². The molecule has 0 aromatic heterocycles. The van der Waals surface area contributed by atoms with Gasteiger partial charge in [0.25, 0.3) is 0 Å². The number of Topliss-reactive ketones (excluding diaryl/α,β-unsaturated/α-hetero) is 1. The molecule has 0 saturated heterocycles. The normalized spacial score (nSPS) is 11.0. The van der Waals surface area contributed by atoms with Gasteiger partial charge < -0.3 is 4.74 Å². The Kier molecular flexibility index (Phi) is 4.95. The van der Waals surface area contributed by atoms with Crippen LogP contribution in [0.2, 0.25) is 0 Å². The van der Waals surface area contributed by atoms with Gasteiger partial charge in [-0.25, -0.2) is 8.42 Å². The fraction of sp³-hybridized carbons (Fsp3) is 0.176. The number of ether oxygens (including phenoxy) is 1. The molecule has 0 N–H and O–H groups in total. The maximum atomic E-state index is 12.2. The van der Waals surface area contributed by atoms with E-state index in [9.17, 15) is 18.0 Å². The molecule has 23 heavy (non-hydrogen) atoms. The molecule has 0 saturated carbocycles. The summed E-state index contributed by atoms with van der Waals surface area (Å²) < 4.78 is 29.4. The molecule has 0 atom stereocenters. The Balaban J connectivity index is 2.14. The second kappa shape index (κ2) is 6.75. The van der Waals surface area contributed by atoms with Crippen LogP contribution in [0.15, 0.2) is 53.4 Å². The van der Waals surface area contributed by atoms with E-state index in [1.165, 1.54) is 43.3 Å². The Bertz CT molecular complexity index is 818. The summed E-state index contributed by atoms with van der Waals surface area (Å²) in [6, 6.07) is 12.1. The maximum absolute atomic E-state index is 12.2. The standard InChI is InChI=1S/C17H16O5S/c1-12-3-9-16(10-4-12)23(20,21)11-17(19)14-5-7-15(8-6-14)22-13(2)18/h3-10H,11H2,1-2H3. The molecule has 6 heteroatoms. The molecule has 0 aliphatic carbocycles. The lowest BCUT2D eigenvalue weighted by Gasteiger charge is -2.06. The van der Waals surface area contributed by atoms with Gasteiger partial charge in [-0.2, -0.15) is 0 Å². The number of ketones is 1. The van der Waals surface area contributed by atoms with Crippen molar-refractivity contribution in [3.05, 3.63) is 59.7 Å². The van der Waals surface area contributed by atoms with E-state index in [0.29, 0.717) is 5.75 Å². The van der Waals surface area contributed by atoms with Gasteiger partial charge in [0.05, 0.1) is 4.90 Å². The largest absolute Gasteiger partial charge is 0.427 e. The number of sulfone groups is 1. The van der Waals surface area contributed by atoms with Crippen LogP contribution in [0.5, 0.6) is 5.75 Å². The molecule has 0 fully saturated rings. The first-order valence-electron chi connectivity index (χ1n) is 6.89.